The summed E-state index contributed by atoms with van der Waals surface area (Å²) in [7, 11) is 0. The third-order valence-electron chi connectivity index (χ3n) is 1.92. The predicted octanol–water partition coefficient (Wildman–Crippen LogP) is 3.01. The molecule has 0 heterocycles. The predicted molar refractivity (Wildman–Crippen MR) is 49.0 cm³/mol. The third-order valence-corrected chi connectivity index (χ3v) is 2.29. The van der Waals surface area contributed by atoms with E-state index in [1.807, 2.05) is 0 Å². The molecule has 0 aliphatic rings. The van der Waals surface area contributed by atoms with Crippen LogP contribution in [0, 0.1) is 5.92 Å². The molecule has 0 aromatic heterocycles. The normalized spacial score (nSPS) is 13.0. The first kappa shape index (κ1) is 11.0. The molecule has 0 saturated heterocycles. The van der Waals surface area contributed by atoms with Gasteiger partial charge in [-0.15, -0.1) is 11.6 Å². The summed E-state index contributed by atoms with van der Waals surface area (Å²) in [6.45, 7) is 3.78. The van der Waals surface area contributed by atoms with Gasteiger partial charge in [0, 0.05) is 11.8 Å². The summed E-state index contributed by atoms with van der Waals surface area (Å²) < 4.78 is 0. The smallest absolute Gasteiger partial charge is 0.134 e. The van der Waals surface area contributed by atoms with Crippen molar-refractivity contribution in [1.82, 2.24) is 0 Å². The van der Waals surface area contributed by atoms with Crippen LogP contribution in [0.4, 0.5) is 0 Å². The van der Waals surface area contributed by atoms with Crippen LogP contribution >= 0.6 is 11.6 Å². The van der Waals surface area contributed by atoms with Crippen molar-refractivity contribution in [3.05, 3.63) is 0 Å². The molecule has 1 nitrogen and oxygen atoms in total. The molecule has 0 aliphatic heterocycles. The van der Waals surface area contributed by atoms with Gasteiger partial charge in [-0.3, -0.25) is 4.79 Å². The summed E-state index contributed by atoms with van der Waals surface area (Å²) in [5.41, 5.74) is 0. The van der Waals surface area contributed by atoms with Crippen LogP contribution in [0.3, 0.4) is 0 Å². The highest BCUT2D eigenvalue weighted by molar-refractivity contribution is 6.19. The molecule has 0 rings (SSSR count). The van der Waals surface area contributed by atoms with Crippen molar-refractivity contribution in [2.45, 2.75) is 39.5 Å². The molecule has 11 heavy (non-hydrogen) atoms. The molecule has 66 valence electrons. The Morgan fingerprint density at radius 3 is 2.45 bits per heavy atom. The van der Waals surface area contributed by atoms with E-state index in [9.17, 15) is 4.79 Å². The quantitative estimate of drug-likeness (QED) is 0.449. The van der Waals surface area contributed by atoms with E-state index in [2.05, 4.69) is 6.92 Å². The van der Waals surface area contributed by atoms with Gasteiger partial charge in [0.1, 0.15) is 5.78 Å². The lowest BCUT2D eigenvalue weighted by molar-refractivity contribution is -0.120. The van der Waals surface area contributed by atoms with Gasteiger partial charge >= 0.3 is 0 Å². The third kappa shape index (κ3) is 5.25. The average Bonchev–Trinajstić information content (AvgIpc) is 1.97. The van der Waals surface area contributed by atoms with Crippen LogP contribution in [-0.4, -0.2) is 11.7 Å². The Morgan fingerprint density at radius 2 is 2.09 bits per heavy atom. The van der Waals surface area contributed by atoms with Crippen LogP contribution in [0.5, 0.6) is 0 Å². The number of rotatable bonds is 6. The van der Waals surface area contributed by atoms with Gasteiger partial charge in [-0.2, -0.15) is 0 Å². The number of halogens is 1. The van der Waals surface area contributed by atoms with Crippen molar-refractivity contribution < 1.29 is 4.79 Å². The summed E-state index contributed by atoms with van der Waals surface area (Å²) in [5, 5.41) is 0. The number of unbranched alkanes of at least 4 members (excludes halogenated alkanes) is 2. The molecule has 0 radical (unpaired) electrons. The summed E-state index contributed by atoms with van der Waals surface area (Å²) in [5.74, 6) is 0.818. The van der Waals surface area contributed by atoms with E-state index in [-0.39, 0.29) is 11.7 Å². The Bertz CT molecular complexity index is 112. The van der Waals surface area contributed by atoms with E-state index in [0.717, 1.165) is 12.8 Å². The molecule has 0 bridgehead atoms. The molecule has 2 heteroatoms. The van der Waals surface area contributed by atoms with Gasteiger partial charge in [0.25, 0.3) is 0 Å². The fourth-order valence-corrected chi connectivity index (χ4v) is 1.40. The van der Waals surface area contributed by atoms with Crippen molar-refractivity contribution in [3.63, 3.8) is 0 Å². The van der Waals surface area contributed by atoms with Crippen molar-refractivity contribution >= 4 is 17.4 Å². The number of hydrogen-bond donors (Lipinski definition) is 0. The van der Waals surface area contributed by atoms with Crippen LogP contribution in [0.2, 0.25) is 0 Å². The molecule has 0 saturated carbocycles. The zero-order valence-corrected chi connectivity index (χ0v) is 8.16. The van der Waals surface area contributed by atoms with Crippen molar-refractivity contribution in [2.24, 2.45) is 5.92 Å². The Hall–Kier alpha value is -0.0400. The van der Waals surface area contributed by atoms with Gasteiger partial charge in [0.2, 0.25) is 0 Å². The van der Waals surface area contributed by atoms with Crippen LogP contribution in [0.1, 0.15) is 39.5 Å². The molecule has 0 aromatic rings. The maximum Gasteiger partial charge on any atom is 0.134 e. The first-order valence-corrected chi connectivity index (χ1v) is 4.82. The van der Waals surface area contributed by atoms with Crippen LogP contribution < -0.4 is 0 Å². The largest absolute Gasteiger partial charge is 0.300 e. The summed E-state index contributed by atoms with van der Waals surface area (Å²) in [6.07, 6.45) is 4.51. The van der Waals surface area contributed by atoms with Gasteiger partial charge in [-0.25, -0.2) is 0 Å². The Labute approximate surface area is 74.1 Å². The standard InChI is InChI=1S/C9H17ClO/c1-3-4-5-6-9(7-10)8(2)11/h9H,3-7H2,1-2H3. The van der Waals surface area contributed by atoms with Gasteiger partial charge < -0.3 is 0 Å². The van der Waals surface area contributed by atoms with E-state index < -0.39 is 0 Å². The zero-order valence-electron chi connectivity index (χ0n) is 7.40. The summed E-state index contributed by atoms with van der Waals surface area (Å²) in [4.78, 5) is 10.9. The van der Waals surface area contributed by atoms with Crippen molar-refractivity contribution in [1.29, 1.82) is 0 Å². The van der Waals surface area contributed by atoms with Crippen LogP contribution in [0.25, 0.3) is 0 Å². The van der Waals surface area contributed by atoms with E-state index in [1.165, 1.54) is 12.8 Å². The lowest BCUT2D eigenvalue weighted by Crippen LogP contribution is -2.12. The molecule has 0 aliphatic carbocycles. The molecule has 0 N–H and O–H groups in total. The second-order valence-corrected chi connectivity index (χ2v) is 3.27. The lowest BCUT2D eigenvalue weighted by Gasteiger charge is -2.08. The lowest BCUT2D eigenvalue weighted by atomic mass is 10.00. The van der Waals surface area contributed by atoms with Gasteiger partial charge in [-0.1, -0.05) is 26.2 Å². The number of ketones is 1. The van der Waals surface area contributed by atoms with E-state index in [1.54, 1.807) is 6.92 Å². The van der Waals surface area contributed by atoms with Crippen molar-refractivity contribution in [2.75, 3.05) is 5.88 Å². The van der Waals surface area contributed by atoms with Crippen LogP contribution in [0.15, 0.2) is 0 Å². The second-order valence-electron chi connectivity index (χ2n) is 2.96. The maximum atomic E-state index is 10.9. The van der Waals surface area contributed by atoms with Crippen molar-refractivity contribution in [3.8, 4) is 0 Å². The summed E-state index contributed by atoms with van der Waals surface area (Å²) in [6, 6.07) is 0. The Morgan fingerprint density at radius 1 is 1.45 bits per heavy atom. The topological polar surface area (TPSA) is 17.1 Å². The van der Waals surface area contributed by atoms with Crippen LogP contribution in [-0.2, 0) is 4.79 Å². The molecule has 0 spiro atoms. The van der Waals surface area contributed by atoms with E-state index >= 15 is 0 Å². The minimum absolute atomic E-state index is 0.100. The number of Topliss-reactive ketones (excluding diaryl/α,β-unsaturated/α-hetero) is 1. The number of carbonyl (C=O) groups excluding carboxylic acids is 1. The minimum atomic E-state index is 0.100. The maximum absolute atomic E-state index is 10.9. The van der Waals surface area contributed by atoms with Gasteiger partial charge in [0.05, 0.1) is 0 Å². The fourth-order valence-electron chi connectivity index (χ4n) is 1.03. The second kappa shape index (κ2) is 6.66. The number of alkyl halides is 1. The number of hydrogen-bond acceptors (Lipinski definition) is 1. The highest BCUT2D eigenvalue weighted by atomic mass is 35.5. The minimum Gasteiger partial charge on any atom is -0.300 e. The fraction of sp³-hybridized carbons (Fsp3) is 0.889. The highest BCUT2D eigenvalue weighted by Crippen LogP contribution is 2.12. The number of carbonyl (C=O) groups is 1. The molecule has 1 unspecified atom stereocenters. The molecule has 0 aromatic carbocycles. The summed E-state index contributed by atoms with van der Waals surface area (Å²) >= 11 is 5.62. The molecule has 0 fully saturated rings. The SMILES string of the molecule is CCCCCC(CCl)C(C)=O. The Balaban J connectivity index is 3.44. The first-order valence-electron chi connectivity index (χ1n) is 4.28. The van der Waals surface area contributed by atoms with Gasteiger partial charge in [0.15, 0.2) is 0 Å². The zero-order chi connectivity index (χ0) is 8.69. The first-order chi connectivity index (χ1) is 5.22. The Kier molecular flexibility index (Phi) is 6.63. The molecule has 1 atom stereocenters. The molecule has 0 amide bonds. The molecular formula is C9H17ClO. The van der Waals surface area contributed by atoms with Gasteiger partial charge in [-0.05, 0) is 13.3 Å². The van der Waals surface area contributed by atoms with E-state index in [4.69, 9.17) is 11.6 Å². The monoisotopic (exact) mass is 176 g/mol. The van der Waals surface area contributed by atoms with E-state index in [0.29, 0.717) is 5.88 Å². The molecular weight excluding hydrogens is 160 g/mol. The average molecular weight is 177 g/mol. The highest BCUT2D eigenvalue weighted by Gasteiger charge is 2.11.